The molecule has 0 fully saturated rings. The van der Waals surface area contributed by atoms with E-state index in [0.29, 0.717) is 6.54 Å². The molecule has 136 valence electrons. The molecule has 0 heterocycles. The second kappa shape index (κ2) is 8.15. The molecule has 0 aromatic heterocycles. The van der Waals surface area contributed by atoms with Crippen LogP contribution in [0.4, 0.5) is 0 Å². The minimum absolute atomic E-state index is 0.0253. The van der Waals surface area contributed by atoms with Crippen molar-refractivity contribution in [2.75, 3.05) is 26.2 Å². The molecular formula is C21H36N2O. The quantitative estimate of drug-likeness (QED) is 0.840. The number of hydrogen-bond acceptors (Lipinski definition) is 2. The number of rotatable bonds is 6. The highest BCUT2D eigenvalue weighted by Gasteiger charge is 2.22. The van der Waals surface area contributed by atoms with Crippen molar-refractivity contribution < 1.29 is 4.79 Å². The van der Waals surface area contributed by atoms with Gasteiger partial charge >= 0.3 is 0 Å². The molecule has 1 rings (SSSR count). The van der Waals surface area contributed by atoms with E-state index in [2.05, 4.69) is 71.7 Å². The highest BCUT2D eigenvalue weighted by molar-refractivity contribution is 5.94. The molecule has 0 aliphatic rings. The van der Waals surface area contributed by atoms with Gasteiger partial charge in [-0.2, -0.15) is 0 Å². The van der Waals surface area contributed by atoms with Crippen LogP contribution >= 0.6 is 0 Å². The second-order valence-electron chi connectivity index (χ2n) is 8.58. The van der Waals surface area contributed by atoms with Crippen molar-refractivity contribution in [3.05, 3.63) is 34.9 Å². The Labute approximate surface area is 148 Å². The lowest BCUT2D eigenvalue weighted by Crippen LogP contribution is -2.35. The Morgan fingerprint density at radius 1 is 0.917 bits per heavy atom. The van der Waals surface area contributed by atoms with E-state index >= 15 is 0 Å². The van der Waals surface area contributed by atoms with Gasteiger partial charge < -0.3 is 10.2 Å². The summed E-state index contributed by atoms with van der Waals surface area (Å²) in [7, 11) is 0. The van der Waals surface area contributed by atoms with E-state index in [1.165, 1.54) is 11.1 Å². The molecule has 0 unspecified atom stereocenters. The van der Waals surface area contributed by atoms with Crippen LogP contribution in [0.5, 0.6) is 0 Å². The summed E-state index contributed by atoms with van der Waals surface area (Å²) in [6.07, 6.45) is 0. The third-order valence-electron chi connectivity index (χ3n) is 4.54. The fourth-order valence-electron chi connectivity index (χ4n) is 2.59. The largest absolute Gasteiger partial charge is 0.351 e. The van der Waals surface area contributed by atoms with E-state index in [4.69, 9.17) is 0 Å². The molecule has 0 saturated heterocycles. The average Bonchev–Trinajstić information content (AvgIpc) is 2.49. The predicted molar refractivity (Wildman–Crippen MR) is 104 cm³/mol. The Morgan fingerprint density at radius 3 is 1.75 bits per heavy atom. The first-order chi connectivity index (χ1) is 11.0. The summed E-state index contributed by atoms with van der Waals surface area (Å²) in [5.41, 5.74) is 3.24. The van der Waals surface area contributed by atoms with Gasteiger partial charge in [0, 0.05) is 18.7 Å². The molecule has 24 heavy (non-hydrogen) atoms. The van der Waals surface area contributed by atoms with Crippen molar-refractivity contribution in [1.29, 1.82) is 0 Å². The van der Waals surface area contributed by atoms with Crippen LogP contribution in [0.3, 0.4) is 0 Å². The Kier molecular flexibility index (Phi) is 7.03. The van der Waals surface area contributed by atoms with E-state index in [-0.39, 0.29) is 16.7 Å². The predicted octanol–water partition coefficient (Wildman–Crippen LogP) is 4.35. The fraction of sp³-hybridized carbons (Fsp3) is 0.667. The highest BCUT2D eigenvalue weighted by Crippen LogP contribution is 2.30. The van der Waals surface area contributed by atoms with Crippen LogP contribution in [0.15, 0.2) is 18.2 Å². The second-order valence-corrected chi connectivity index (χ2v) is 8.58. The number of amides is 1. The van der Waals surface area contributed by atoms with Crippen molar-refractivity contribution in [2.24, 2.45) is 0 Å². The van der Waals surface area contributed by atoms with Crippen molar-refractivity contribution in [3.63, 3.8) is 0 Å². The van der Waals surface area contributed by atoms with Crippen LogP contribution in [-0.4, -0.2) is 37.0 Å². The van der Waals surface area contributed by atoms with Gasteiger partial charge in [0.2, 0.25) is 0 Å². The summed E-state index contributed by atoms with van der Waals surface area (Å²) in [5, 5.41) is 3.07. The lowest BCUT2D eigenvalue weighted by Gasteiger charge is -2.26. The van der Waals surface area contributed by atoms with Gasteiger partial charge in [0.05, 0.1) is 0 Å². The first kappa shape index (κ1) is 20.7. The number of carbonyl (C=O) groups excluding carboxylic acids is 1. The number of carbonyl (C=O) groups is 1. The molecular weight excluding hydrogens is 296 g/mol. The van der Waals surface area contributed by atoms with Gasteiger partial charge in [-0.1, -0.05) is 61.5 Å². The van der Waals surface area contributed by atoms with Crippen molar-refractivity contribution >= 4 is 5.91 Å². The van der Waals surface area contributed by atoms with Gasteiger partial charge in [-0.25, -0.2) is 0 Å². The zero-order chi connectivity index (χ0) is 18.5. The molecule has 3 heteroatoms. The summed E-state index contributed by atoms with van der Waals surface area (Å²) >= 11 is 0. The average molecular weight is 333 g/mol. The van der Waals surface area contributed by atoms with Crippen molar-refractivity contribution in [1.82, 2.24) is 10.2 Å². The Hall–Kier alpha value is -1.35. The van der Waals surface area contributed by atoms with Gasteiger partial charge in [0.1, 0.15) is 0 Å². The van der Waals surface area contributed by atoms with E-state index in [9.17, 15) is 4.79 Å². The minimum Gasteiger partial charge on any atom is -0.351 e. The van der Waals surface area contributed by atoms with Gasteiger partial charge in [-0.3, -0.25) is 4.79 Å². The third kappa shape index (κ3) is 5.94. The highest BCUT2D eigenvalue weighted by atomic mass is 16.1. The molecule has 1 amide bonds. The summed E-state index contributed by atoms with van der Waals surface area (Å²) in [6.45, 7) is 21.0. The summed E-state index contributed by atoms with van der Waals surface area (Å²) in [5.74, 6) is 0.0266. The van der Waals surface area contributed by atoms with Crippen LogP contribution in [-0.2, 0) is 10.8 Å². The molecule has 3 nitrogen and oxygen atoms in total. The first-order valence-corrected chi connectivity index (χ1v) is 9.15. The molecule has 1 aromatic rings. The molecule has 0 radical (unpaired) electrons. The number of nitrogens with one attached hydrogen (secondary N) is 1. The number of hydrogen-bond donors (Lipinski definition) is 1. The van der Waals surface area contributed by atoms with Crippen LogP contribution < -0.4 is 5.32 Å². The smallest absolute Gasteiger partial charge is 0.251 e. The van der Waals surface area contributed by atoms with Crippen molar-refractivity contribution in [3.8, 4) is 0 Å². The molecule has 0 bridgehead atoms. The zero-order valence-electron chi connectivity index (χ0n) is 16.9. The van der Waals surface area contributed by atoms with Crippen LogP contribution in [0, 0.1) is 0 Å². The molecule has 1 N–H and O–H groups in total. The number of benzene rings is 1. The van der Waals surface area contributed by atoms with Gasteiger partial charge in [-0.15, -0.1) is 0 Å². The molecule has 0 spiro atoms. The van der Waals surface area contributed by atoms with Gasteiger partial charge in [0.15, 0.2) is 0 Å². The fourth-order valence-corrected chi connectivity index (χ4v) is 2.59. The molecule has 0 aliphatic carbocycles. The van der Waals surface area contributed by atoms with Gasteiger partial charge in [0.25, 0.3) is 5.91 Å². The summed E-state index contributed by atoms with van der Waals surface area (Å²) in [4.78, 5) is 14.9. The molecule has 1 aromatic carbocycles. The summed E-state index contributed by atoms with van der Waals surface area (Å²) < 4.78 is 0. The minimum atomic E-state index is 0.0253. The van der Waals surface area contributed by atoms with E-state index in [1.807, 2.05) is 12.1 Å². The normalized spacial score (nSPS) is 12.5. The zero-order valence-corrected chi connectivity index (χ0v) is 16.9. The summed E-state index contributed by atoms with van der Waals surface area (Å²) in [6, 6.07) is 6.33. The standard InChI is InChI=1S/C21H36N2O/c1-9-23(10-2)12-11-22-19(24)16-13-17(20(3,4)5)15-18(14-16)21(6,7)8/h13-15H,9-12H2,1-8H3,(H,22,24). The molecule has 0 saturated carbocycles. The maximum absolute atomic E-state index is 12.6. The lowest BCUT2D eigenvalue weighted by molar-refractivity contribution is 0.0948. The number of likely N-dealkylation sites (N-methyl/N-ethyl adjacent to an activating group) is 1. The van der Waals surface area contributed by atoms with Crippen LogP contribution in [0.1, 0.15) is 76.9 Å². The SMILES string of the molecule is CCN(CC)CCNC(=O)c1cc(C(C)(C)C)cc(C(C)(C)C)c1. The Morgan fingerprint density at radius 2 is 1.38 bits per heavy atom. The third-order valence-corrected chi connectivity index (χ3v) is 4.54. The first-order valence-electron chi connectivity index (χ1n) is 9.15. The maximum atomic E-state index is 12.6. The Balaban J connectivity index is 2.99. The molecule has 0 atom stereocenters. The van der Waals surface area contributed by atoms with Crippen LogP contribution in [0.25, 0.3) is 0 Å². The molecule has 0 aliphatic heterocycles. The van der Waals surface area contributed by atoms with E-state index in [1.54, 1.807) is 0 Å². The lowest BCUT2D eigenvalue weighted by atomic mass is 9.79. The maximum Gasteiger partial charge on any atom is 0.251 e. The van der Waals surface area contributed by atoms with Crippen molar-refractivity contribution in [2.45, 2.75) is 66.2 Å². The van der Waals surface area contributed by atoms with E-state index in [0.717, 1.165) is 25.2 Å². The van der Waals surface area contributed by atoms with Crippen LogP contribution in [0.2, 0.25) is 0 Å². The Bertz CT molecular complexity index is 514. The number of nitrogens with zero attached hydrogens (tertiary/aromatic N) is 1. The topological polar surface area (TPSA) is 32.3 Å². The van der Waals surface area contributed by atoms with Gasteiger partial charge in [-0.05, 0) is 47.2 Å². The van der Waals surface area contributed by atoms with E-state index < -0.39 is 0 Å². The monoisotopic (exact) mass is 332 g/mol.